The monoisotopic (exact) mass is 358 g/mol. The van der Waals surface area contributed by atoms with E-state index in [1.807, 2.05) is 50.1 Å². The van der Waals surface area contributed by atoms with E-state index < -0.39 is 0 Å². The zero-order valence-corrected chi connectivity index (χ0v) is 15.4. The maximum atomic E-state index is 8.99. The third-order valence-electron chi connectivity index (χ3n) is 3.45. The Morgan fingerprint density at radius 3 is 2.12 bits per heavy atom. The van der Waals surface area contributed by atoms with Crippen molar-refractivity contribution >= 4 is 29.7 Å². The van der Waals surface area contributed by atoms with E-state index in [2.05, 4.69) is 36.1 Å². The van der Waals surface area contributed by atoms with Crippen molar-refractivity contribution < 1.29 is 5.11 Å². The van der Waals surface area contributed by atoms with Crippen LogP contribution in [0.15, 0.2) is 29.4 Å². The van der Waals surface area contributed by atoms with E-state index in [1.54, 1.807) is 6.21 Å². The van der Waals surface area contributed by atoms with Crippen LogP contribution in [-0.2, 0) is 0 Å². The lowest BCUT2D eigenvalue weighted by Gasteiger charge is -2.17. The number of likely N-dealkylation sites (N-methyl/N-ethyl adjacent to an activating group) is 1. The minimum atomic E-state index is 0.124. The summed E-state index contributed by atoms with van der Waals surface area (Å²) in [7, 11) is 1.94. The van der Waals surface area contributed by atoms with Gasteiger partial charge in [-0.15, -0.1) is 0 Å². The highest BCUT2D eigenvalue weighted by atomic mass is 16.3. The van der Waals surface area contributed by atoms with Gasteiger partial charge < -0.3 is 20.6 Å². The van der Waals surface area contributed by atoms with Crippen LogP contribution in [0.5, 0.6) is 0 Å². The van der Waals surface area contributed by atoms with E-state index in [-0.39, 0.29) is 6.61 Å². The lowest BCUT2D eigenvalue weighted by molar-refractivity contribution is 0.304. The molecule has 9 nitrogen and oxygen atoms in total. The second-order valence-electron chi connectivity index (χ2n) is 5.47. The van der Waals surface area contributed by atoms with Gasteiger partial charge in [0.2, 0.25) is 17.8 Å². The molecule has 0 saturated heterocycles. The van der Waals surface area contributed by atoms with Crippen molar-refractivity contribution in [2.45, 2.75) is 13.8 Å². The summed E-state index contributed by atoms with van der Waals surface area (Å²) >= 11 is 0. The molecule has 0 spiro atoms. The molecule has 4 N–H and O–H groups in total. The summed E-state index contributed by atoms with van der Waals surface area (Å²) < 4.78 is 0. The van der Waals surface area contributed by atoms with Gasteiger partial charge in [-0.05, 0) is 31.5 Å². The second kappa shape index (κ2) is 10.1. The van der Waals surface area contributed by atoms with Gasteiger partial charge in [0.25, 0.3) is 0 Å². The topological polar surface area (TPSA) is 111 Å². The summed E-state index contributed by atoms with van der Waals surface area (Å²) in [6.45, 7) is 6.11. The molecule has 0 aliphatic rings. The molecular formula is C17H26N8O. The van der Waals surface area contributed by atoms with Gasteiger partial charge in [-0.2, -0.15) is 20.1 Å². The SMILES string of the molecule is CCNc1nc(NCC)nc(N/N=C/c2ccc(N(C)CCO)cc2)n1. The van der Waals surface area contributed by atoms with Crippen molar-refractivity contribution in [1.82, 2.24) is 15.0 Å². The Morgan fingerprint density at radius 2 is 1.58 bits per heavy atom. The predicted molar refractivity (Wildman–Crippen MR) is 106 cm³/mol. The quantitative estimate of drug-likeness (QED) is 0.374. The molecule has 1 aromatic heterocycles. The third kappa shape index (κ3) is 5.85. The Morgan fingerprint density at radius 1 is 1.00 bits per heavy atom. The van der Waals surface area contributed by atoms with Crippen LogP contribution < -0.4 is 21.0 Å². The molecule has 0 fully saturated rings. The number of aromatic nitrogens is 3. The van der Waals surface area contributed by atoms with Crippen molar-refractivity contribution in [3.05, 3.63) is 29.8 Å². The van der Waals surface area contributed by atoms with Crippen LogP contribution in [0.3, 0.4) is 0 Å². The van der Waals surface area contributed by atoms with Gasteiger partial charge >= 0.3 is 0 Å². The lowest BCUT2D eigenvalue weighted by Crippen LogP contribution is -2.20. The first-order chi connectivity index (χ1) is 12.7. The molecule has 0 amide bonds. The molecule has 1 heterocycles. The predicted octanol–water partition coefficient (Wildman–Crippen LogP) is 1.61. The molecule has 0 saturated carbocycles. The summed E-state index contributed by atoms with van der Waals surface area (Å²) in [5.74, 6) is 1.35. The lowest BCUT2D eigenvalue weighted by atomic mass is 10.2. The first-order valence-corrected chi connectivity index (χ1v) is 8.61. The largest absolute Gasteiger partial charge is 0.395 e. The average Bonchev–Trinajstić information content (AvgIpc) is 2.63. The van der Waals surface area contributed by atoms with Crippen molar-refractivity contribution in [1.29, 1.82) is 0 Å². The molecule has 2 rings (SSSR count). The molecular weight excluding hydrogens is 332 g/mol. The molecule has 0 atom stereocenters. The zero-order valence-electron chi connectivity index (χ0n) is 15.4. The minimum absolute atomic E-state index is 0.124. The normalized spacial score (nSPS) is 10.8. The van der Waals surface area contributed by atoms with Crippen LogP contribution >= 0.6 is 0 Å². The number of hydrogen-bond donors (Lipinski definition) is 4. The summed E-state index contributed by atoms with van der Waals surface area (Å²) in [6, 6.07) is 7.87. The highest BCUT2D eigenvalue weighted by Gasteiger charge is 2.04. The van der Waals surface area contributed by atoms with E-state index in [1.165, 1.54) is 0 Å². The van der Waals surface area contributed by atoms with Crippen molar-refractivity contribution in [2.75, 3.05) is 54.2 Å². The van der Waals surface area contributed by atoms with Crippen LogP contribution in [0.2, 0.25) is 0 Å². The molecule has 140 valence electrons. The van der Waals surface area contributed by atoms with Crippen LogP contribution in [0.25, 0.3) is 0 Å². The van der Waals surface area contributed by atoms with Gasteiger partial charge in [0.1, 0.15) is 0 Å². The third-order valence-corrected chi connectivity index (χ3v) is 3.45. The van der Waals surface area contributed by atoms with Gasteiger partial charge in [0.15, 0.2) is 0 Å². The van der Waals surface area contributed by atoms with Crippen LogP contribution in [0.1, 0.15) is 19.4 Å². The molecule has 26 heavy (non-hydrogen) atoms. The minimum Gasteiger partial charge on any atom is -0.395 e. The van der Waals surface area contributed by atoms with Crippen LogP contribution in [0, 0.1) is 0 Å². The Balaban J connectivity index is 2.03. The fourth-order valence-corrected chi connectivity index (χ4v) is 2.16. The number of rotatable bonds is 10. The summed E-state index contributed by atoms with van der Waals surface area (Å²) in [5, 5.41) is 19.3. The molecule has 0 bridgehead atoms. The number of nitrogens with zero attached hydrogens (tertiary/aromatic N) is 5. The van der Waals surface area contributed by atoms with Crippen molar-refractivity contribution in [3.8, 4) is 0 Å². The fourth-order valence-electron chi connectivity index (χ4n) is 2.16. The number of benzene rings is 1. The number of hydrogen-bond acceptors (Lipinski definition) is 9. The molecule has 1 aromatic carbocycles. The van der Waals surface area contributed by atoms with Gasteiger partial charge in [-0.1, -0.05) is 12.1 Å². The first kappa shape index (κ1) is 19.4. The Kier molecular flexibility index (Phi) is 7.56. The molecule has 2 aromatic rings. The highest BCUT2D eigenvalue weighted by molar-refractivity contribution is 5.80. The number of hydrazone groups is 1. The Hall–Kier alpha value is -2.94. The molecule has 0 aliphatic carbocycles. The molecule has 0 radical (unpaired) electrons. The Bertz CT molecular complexity index is 680. The smallest absolute Gasteiger partial charge is 0.250 e. The fraction of sp³-hybridized carbons (Fsp3) is 0.412. The standard InChI is InChI=1S/C17H26N8O/c1-4-18-15-21-16(19-5-2)23-17(22-15)24-20-12-13-6-8-14(9-7-13)25(3)10-11-26/h6-9,12,26H,4-5,10-11H2,1-3H3,(H3,18,19,21,22,23,24)/b20-12+. The van der Waals surface area contributed by atoms with E-state index in [0.717, 1.165) is 24.3 Å². The van der Waals surface area contributed by atoms with Gasteiger partial charge in [-0.25, -0.2) is 5.43 Å². The van der Waals surface area contributed by atoms with E-state index in [0.29, 0.717) is 24.4 Å². The maximum absolute atomic E-state index is 8.99. The van der Waals surface area contributed by atoms with Crippen LogP contribution in [-0.4, -0.2) is 59.6 Å². The molecule has 0 unspecified atom stereocenters. The zero-order chi connectivity index (χ0) is 18.8. The Labute approximate surface area is 153 Å². The number of aliphatic hydroxyl groups is 1. The van der Waals surface area contributed by atoms with Crippen molar-refractivity contribution in [3.63, 3.8) is 0 Å². The maximum Gasteiger partial charge on any atom is 0.250 e. The van der Waals surface area contributed by atoms with E-state index in [4.69, 9.17) is 5.11 Å². The van der Waals surface area contributed by atoms with E-state index in [9.17, 15) is 0 Å². The molecule has 0 aliphatic heterocycles. The van der Waals surface area contributed by atoms with Crippen molar-refractivity contribution in [2.24, 2.45) is 5.10 Å². The van der Waals surface area contributed by atoms with Gasteiger partial charge in [0.05, 0.1) is 12.8 Å². The highest BCUT2D eigenvalue weighted by Crippen LogP contribution is 2.13. The van der Waals surface area contributed by atoms with Crippen LogP contribution in [0.4, 0.5) is 23.5 Å². The summed E-state index contributed by atoms with van der Waals surface area (Å²) in [5.41, 5.74) is 4.80. The van der Waals surface area contributed by atoms with Gasteiger partial charge in [-0.3, -0.25) is 0 Å². The number of aliphatic hydroxyl groups excluding tert-OH is 1. The number of anilines is 4. The molecule has 9 heteroatoms. The summed E-state index contributed by atoms with van der Waals surface area (Å²) in [4.78, 5) is 14.8. The first-order valence-electron chi connectivity index (χ1n) is 8.61. The second-order valence-corrected chi connectivity index (χ2v) is 5.47. The average molecular weight is 358 g/mol. The number of nitrogens with one attached hydrogen (secondary N) is 3. The summed E-state index contributed by atoms with van der Waals surface area (Å²) in [6.07, 6.45) is 1.69. The van der Waals surface area contributed by atoms with Gasteiger partial charge in [0, 0.05) is 32.4 Å². The van der Waals surface area contributed by atoms with E-state index >= 15 is 0 Å².